The highest BCUT2D eigenvalue weighted by molar-refractivity contribution is 5.91. The third kappa shape index (κ3) is 4.07. The van der Waals surface area contributed by atoms with Crippen molar-refractivity contribution in [1.82, 2.24) is 0 Å². The summed E-state index contributed by atoms with van der Waals surface area (Å²) in [6, 6.07) is 6.04. The maximum absolute atomic E-state index is 11.3. The fourth-order valence-electron chi connectivity index (χ4n) is 1.43. The molecule has 4 heteroatoms. The highest BCUT2D eigenvalue weighted by atomic mass is 16.1. The van der Waals surface area contributed by atoms with E-state index in [0.29, 0.717) is 13.0 Å². The van der Waals surface area contributed by atoms with Gasteiger partial charge in [-0.3, -0.25) is 4.79 Å². The first-order valence-electron chi connectivity index (χ1n) is 5.94. The molecule has 0 saturated heterocycles. The zero-order valence-corrected chi connectivity index (χ0v) is 10.7. The number of aryl methyl sites for hydroxylation is 1. The van der Waals surface area contributed by atoms with Gasteiger partial charge < -0.3 is 16.4 Å². The van der Waals surface area contributed by atoms with Gasteiger partial charge in [-0.15, -0.1) is 0 Å². The molecule has 1 aromatic carbocycles. The Labute approximate surface area is 103 Å². The molecule has 17 heavy (non-hydrogen) atoms. The quantitative estimate of drug-likeness (QED) is 0.732. The summed E-state index contributed by atoms with van der Waals surface area (Å²) in [4.78, 5) is 11.3. The Morgan fingerprint density at radius 1 is 1.47 bits per heavy atom. The highest BCUT2D eigenvalue weighted by Crippen LogP contribution is 2.21. The average Bonchev–Trinajstić information content (AvgIpc) is 2.33. The number of carbonyl (C=O) groups is 1. The van der Waals surface area contributed by atoms with Gasteiger partial charge in [0, 0.05) is 30.4 Å². The molecule has 0 aliphatic heterocycles. The van der Waals surface area contributed by atoms with Gasteiger partial charge in [0.25, 0.3) is 0 Å². The molecule has 0 aromatic heterocycles. The van der Waals surface area contributed by atoms with E-state index < -0.39 is 0 Å². The summed E-state index contributed by atoms with van der Waals surface area (Å²) in [6.45, 7) is 6.46. The molecule has 1 unspecified atom stereocenters. The van der Waals surface area contributed by atoms with Crippen LogP contribution in [-0.4, -0.2) is 18.5 Å². The van der Waals surface area contributed by atoms with E-state index >= 15 is 0 Å². The van der Waals surface area contributed by atoms with Crippen LogP contribution >= 0.6 is 0 Å². The average molecular weight is 235 g/mol. The smallest absolute Gasteiger partial charge is 0.224 e. The van der Waals surface area contributed by atoms with Crippen molar-refractivity contribution < 1.29 is 4.79 Å². The molecule has 1 amide bonds. The highest BCUT2D eigenvalue weighted by Gasteiger charge is 2.05. The number of nitrogens with two attached hydrogens (primary N) is 1. The Morgan fingerprint density at radius 2 is 2.18 bits per heavy atom. The van der Waals surface area contributed by atoms with Crippen molar-refractivity contribution in [1.29, 1.82) is 0 Å². The summed E-state index contributed by atoms with van der Waals surface area (Å²) in [7, 11) is 0. The van der Waals surface area contributed by atoms with E-state index in [-0.39, 0.29) is 11.9 Å². The minimum absolute atomic E-state index is 0.0201. The van der Waals surface area contributed by atoms with Gasteiger partial charge >= 0.3 is 0 Å². The summed E-state index contributed by atoms with van der Waals surface area (Å²) in [5.74, 6) is 0.0201. The number of rotatable bonds is 5. The standard InChI is InChI=1S/C13H21N3O/c1-4-13(17)16-11-6-5-9(2)12(7-11)15-10(3)8-14/h5-7,10,15H,4,8,14H2,1-3H3,(H,16,17). The van der Waals surface area contributed by atoms with Gasteiger partial charge in [0.1, 0.15) is 0 Å². The van der Waals surface area contributed by atoms with Crippen LogP contribution < -0.4 is 16.4 Å². The van der Waals surface area contributed by atoms with Gasteiger partial charge in [-0.1, -0.05) is 13.0 Å². The first-order valence-corrected chi connectivity index (χ1v) is 5.94. The van der Waals surface area contributed by atoms with E-state index in [2.05, 4.69) is 10.6 Å². The largest absolute Gasteiger partial charge is 0.381 e. The SMILES string of the molecule is CCC(=O)Nc1ccc(C)c(NC(C)CN)c1. The van der Waals surface area contributed by atoms with Crippen molar-refractivity contribution in [2.24, 2.45) is 5.73 Å². The van der Waals surface area contributed by atoms with Crippen LogP contribution in [0, 0.1) is 6.92 Å². The van der Waals surface area contributed by atoms with Crippen LogP contribution in [0.15, 0.2) is 18.2 Å². The number of anilines is 2. The van der Waals surface area contributed by atoms with E-state index in [9.17, 15) is 4.79 Å². The van der Waals surface area contributed by atoms with E-state index in [1.807, 2.05) is 39.0 Å². The van der Waals surface area contributed by atoms with Gasteiger partial charge in [0.05, 0.1) is 0 Å². The van der Waals surface area contributed by atoms with E-state index in [4.69, 9.17) is 5.73 Å². The molecular weight excluding hydrogens is 214 g/mol. The third-order valence-corrected chi connectivity index (χ3v) is 2.60. The van der Waals surface area contributed by atoms with Crippen molar-refractivity contribution in [2.45, 2.75) is 33.2 Å². The van der Waals surface area contributed by atoms with Crippen molar-refractivity contribution in [3.63, 3.8) is 0 Å². The number of benzene rings is 1. The number of nitrogens with one attached hydrogen (secondary N) is 2. The van der Waals surface area contributed by atoms with E-state index in [1.165, 1.54) is 0 Å². The predicted octanol–water partition coefficient (Wildman–Crippen LogP) is 2.10. The molecular formula is C13H21N3O. The Bertz CT molecular complexity index is 390. The molecule has 0 aliphatic rings. The Balaban J connectivity index is 2.82. The molecule has 1 aromatic rings. The molecule has 0 saturated carbocycles. The number of amides is 1. The number of hydrogen-bond acceptors (Lipinski definition) is 3. The second-order valence-electron chi connectivity index (χ2n) is 4.21. The van der Waals surface area contributed by atoms with Gasteiger partial charge in [-0.05, 0) is 31.5 Å². The van der Waals surface area contributed by atoms with Gasteiger partial charge in [0.15, 0.2) is 0 Å². The van der Waals surface area contributed by atoms with Gasteiger partial charge in [0.2, 0.25) is 5.91 Å². The van der Waals surface area contributed by atoms with Crippen LogP contribution in [0.1, 0.15) is 25.8 Å². The maximum atomic E-state index is 11.3. The molecule has 4 N–H and O–H groups in total. The lowest BCUT2D eigenvalue weighted by atomic mass is 10.1. The van der Waals surface area contributed by atoms with Gasteiger partial charge in [-0.2, -0.15) is 0 Å². The molecule has 0 aliphatic carbocycles. The zero-order valence-electron chi connectivity index (χ0n) is 10.7. The molecule has 0 heterocycles. The van der Waals surface area contributed by atoms with Gasteiger partial charge in [-0.25, -0.2) is 0 Å². The van der Waals surface area contributed by atoms with E-state index in [1.54, 1.807) is 0 Å². The molecule has 0 bridgehead atoms. The normalized spacial score (nSPS) is 12.0. The van der Waals surface area contributed by atoms with Crippen LogP contribution in [0.4, 0.5) is 11.4 Å². The summed E-state index contributed by atoms with van der Waals surface area (Å²) < 4.78 is 0. The second-order valence-corrected chi connectivity index (χ2v) is 4.21. The maximum Gasteiger partial charge on any atom is 0.224 e. The summed E-state index contributed by atoms with van der Waals surface area (Å²) in [5, 5.41) is 6.16. The second kappa shape index (κ2) is 6.25. The van der Waals surface area contributed by atoms with Crippen LogP contribution in [0.3, 0.4) is 0 Å². The first kappa shape index (κ1) is 13.5. The number of carbonyl (C=O) groups excluding carboxylic acids is 1. The first-order chi connectivity index (χ1) is 8.06. The monoisotopic (exact) mass is 235 g/mol. The number of hydrogen-bond donors (Lipinski definition) is 3. The Hall–Kier alpha value is -1.55. The molecule has 0 fully saturated rings. The third-order valence-electron chi connectivity index (χ3n) is 2.60. The Kier molecular flexibility index (Phi) is 4.97. The fraction of sp³-hybridized carbons (Fsp3) is 0.462. The topological polar surface area (TPSA) is 67.2 Å². The summed E-state index contributed by atoms with van der Waals surface area (Å²) in [6.07, 6.45) is 0.482. The van der Waals surface area contributed by atoms with E-state index in [0.717, 1.165) is 16.9 Å². The zero-order chi connectivity index (χ0) is 12.8. The lowest BCUT2D eigenvalue weighted by molar-refractivity contribution is -0.115. The lowest BCUT2D eigenvalue weighted by Gasteiger charge is -2.16. The Morgan fingerprint density at radius 3 is 2.76 bits per heavy atom. The molecule has 1 atom stereocenters. The molecule has 0 spiro atoms. The van der Waals surface area contributed by atoms with Crippen molar-refractivity contribution in [2.75, 3.05) is 17.2 Å². The minimum Gasteiger partial charge on any atom is -0.381 e. The molecule has 1 rings (SSSR count). The molecule has 94 valence electrons. The predicted molar refractivity (Wildman–Crippen MR) is 72.2 cm³/mol. The molecule has 0 radical (unpaired) electrons. The minimum atomic E-state index is 0.0201. The van der Waals surface area contributed by atoms with Crippen LogP contribution in [0.2, 0.25) is 0 Å². The van der Waals surface area contributed by atoms with Crippen molar-refractivity contribution >= 4 is 17.3 Å². The summed E-state index contributed by atoms with van der Waals surface area (Å²) in [5.41, 5.74) is 8.54. The fourth-order valence-corrected chi connectivity index (χ4v) is 1.43. The van der Waals surface area contributed by atoms with Crippen molar-refractivity contribution in [3.8, 4) is 0 Å². The molecule has 4 nitrogen and oxygen atoms in total. The van der Waals surface area contributed by atoms with Crippen LogP contribution in [-0.2, 0) is 4.79 Å². The van der Waals surface area contributed by atoms with Crippen molar-refractivity contribution in [3.05, 3.63) is 23.8 Å². The van der Waals surface area contributed by atoms with Crippen LogP contribution in [0.25, 0.3) is 0 Å². The summed E-state index contributed by atoms with van der Waals surface area (Å²) >= 11 is 0. The van der Waals surface area contributed by atoms with Crippen LogP contribution in [0.5, 0.6) is 0 Å². The lowest BCUT2D eigenvalue weighted by Crippen LogP contribution is -2.25.